The fourth-order valence-electron chi connectivity index (χ4n) is 4.85. The van der Waals surface area contributed by atoms with Crippen LogP contribution in [0.2, 0.25) is 0 Å². The van der Waals surface area contributed by atoms with Crippen molar-refractivity contribution >= 4 is 23.5 Å². The molecule has 2 aromatic heterocycles. The highest BCUT2D eigenvalue weighted by atomic mass is 19.1. The van der Waals surface area contributed by atoms with Gasteiger partial charge >= 0.3 is 0 Å². The maximum Gasteiger partial charge on any atom is 0.224 e. The normalized spacial score (nSPS) is 17.2. The van der Waals surface area contributed by atoms with Gasteiger partial charge in [-0.3, -0.25) is 4.90 Å². The average molecular weight is 511 g/mol. The summed E-state index contributed by atoms with van der Waals surface area (Å²) in [5, 5.41) is 14.2. The van der Waals surface area contributed by atoms with E-state index in [-0.39, 0.29) is 18.0 Å². The first-order chi connectivity index (χ1) is 17.8. The van der Waals surface area contributed by atoms with Gasteiger partial charge in [-0.05, 0) is 18.1 Å². The number of benzene rings is 1. The van der Waals surface area contributed by atoms with Crippen LogP contribution in [0.15, 0.2) is 36.5 Å². The summed E-state index contributed by atoms with van der Waals surface area (Å²) < 4.78 is 29.0. The van der Waals surface area contributed by atoms with Gasteiger partial charge in [-0.1, -0.05) is 26.0 Å². The molecular weight excluding hydrogens is 478 g/mol. The van der Waals surface area contributed by atoms with Gasteiger partial charge in [0.2, 0.25) is 5.95 Å². The summed E-state index contributed by atoms with van der Waals surface area (Å²) in [6, 6.07) is 5.50. The second-order valence-electron chi connectivity index (χ2n) is 9.87. The summed E-state index contributed by atoms with van der Waals surface area (Å²) in [5.41, 5.74) is 8.59. The van der Waals surface area contributed by atoms with E-state index in [9.17, 15) is 13.9 Å². The molecule has 5 rings (SSSR count). The van der Waals surface area contributed by atoms with E-state index in [0.717, 1.165) is 37.0 Å². The number of hydrogen-bond donors (Lipinski definition) is 2. The van der Waals surface area contributed by atoms with E-state index in [0.29, 0.717) is 43.5 Å². The van der Waals surface area contributed by atoms with Gasteiger partial charge in [0.05, 0.1) is 18.0 Å². The van der Waals surface area contributed by atoms with Gasteiger partial charge in [0.25, 0.3) is 0 Å². The summed E-state index contributed by atoms with van der Waals surface area (Å²) in [6.07, 6.45) is 5.67. The molecule has 0 spiro atoms. The minimum absolute atomic E-state index is 0.163. The molecule has 3 N–H and O–H groups in total. The summed E-state index contributed by atoms with van der Waals surface area (Å²) in [4.78, 5) is 15.0. The zero-order chi connectivity index (χ0) is 26.1. The number of nitrogen functional groups attached to an aromatic ring is 1. The van der Waals surface area contributed by atoms with Crippen LogP contribution in [0.25, 0.3) is 11.9 Å². The van der Waals surface area contributed by atoms with E-state index >= 15 is 0 Å². The Labute approximate surface area is 214 Å². The first kappa shape index (κ1) is 25.1. The van der Waals surface area contributed by atoms with Crippen LogP contribution >= 0.6 is 0 Å². The molecule has 0 atom stereocenters. The van der Waals surface area contributed by atoms with Crippen LogP contribution in [0.3, 0.4) is 0 Å². The van der Waals surface area contributed by atoms with Gasteiger partial charge < -0.3 is 20.6 Å². The second-order valence-corrected chi connectivity index (χ2v) is 9.87. The predicted octanol–water partition coefficient (Wildman–Crippen LogP) is 2.66. The van der Waals surface area contributed by atoms with Crippen LogP contribution in [-0.2, 0) is 0 Å². The Hall–Kier alpha value is -3.57. The van der Waals surface area contributed by atoms with Gasteiger partial charge in [0, 0.05) is 69.2 Å². The number of aromatic nitrogens is 4. The molecule has 11 heteroatoms. The lowest BCUT2D eigenvalue weighted by atomic mass is 10.1. The lowest BCUT2D eigenvalue weighted by Gasteiger charge is -2.36. The molecule has 196 valence electrons. The Kier molecular flexibility index (Phi) is 7.07. The molecule has 0 unspecified atom stereocenters. The number of rotatable bonds is 7. The number of halogens is 2. The number of hydrogen-bond acceptors (Lipinski definition) is 8. The molecule has 4 heterocycles. The van der Waals surface area contributed by atoms with Crippen LogP contribution < -0.4 is 15.5 Å². The first-order valence-corrected chi connectivity index (χ1v) is 12.5. The lowest BCUT2D eigenvalue weighted by molar-refractivity contribution is 0.141. The highest BCUT2D eigenvalue weighted by Crippen LogP contribution is 2.27. The molecule has 0 bridgehead atoms. The Balaban J connectivity index is 1.25. The van der Waals surface area contributed by atoms with Crippen LogP contribution in [0, 0.1) is 11.6 Å². The number of piperazine rings is 1. The van der Waals surface area contributed by atoms with Crippen LogP contribution in [0.4, 0.5) is 26.2 Å². The quantitative estimate of drug-likeness (QED) is 0.501. The van der Waals surface area contributed by atoms with Crippen molar-refractivity contribution in [2.75, 3.05) is 61.3 Å². The maximum atomic E-state index is 13.6. The Bertz CT molecular complexity index is 1260. The molecule has 9 nitrogen and oxygen atoms in total. The molecule has 2 saturated heterocycles. The standard InChI is InChI=1S/C26H32F2N8O/c1-17(2)25-18(14-30-36(25)24-13-23(31-26(29)32-24)35-15-22(37)16-35)4-3-5-33-6-8-34(9-7-33)21-11-19(27)10-20(28)12-21/h3-4,10-14,17,22,37H,5-9,15-16H2,1-2H3,(H2,29,31,32). The third-order valence-electron chi connectivity index (χ3n) is 6.75. The highest BCUT2D eigenvalue weighted by molar-refractivity contribution is 5.56. The zero-order valence-corrected chi connectivity index (χ0v) is 21.1. The molecule has 0 aliphatic carbocycles. The summed E-state index contributed by atoms with van der Waals surface area (Å²) in [5.74, 6) is 0.510. The van der Waals surface area contributed by atoms with Gasteiger partial charge in [-0.2, -0.15) is 15.1 Å². The van der Waals surface area contributed by atoms with Crippen LogP contribution in [0.5, 0.6) is 0 Å². The predicted molar refractivity (Wildman–Crippen MR) is 140 cm³/mol. The third kappa shape index (κ3) is 5.57. The van der Waals surface area contributed by atoms with E-state index in [4.69, 9.17) is 5.73 Å². The molecular formula is C26H32F2N8O. The van der Waals surface area contributed by atoms with E-state index in [1.807, 2.05) is 22.1 Å². The minimum atomic E-state index is -0.554. The van der Waals surface area contributed by atoms with E-state index in [1.54, 1.807) is 4.68 Å². The van der Waals surface area contributed by atoms with Gasteiger partial charge in [-0.25, -0.2) is 13.5 Å². The number of nitrogens with zero attached hydrogens (tertiary/aromatic N) is 7. The van der Waals surface area contributed by atoms with Crippen molar-refractivity contribution in [3.8, 4) is 5.82 Å². The van der Waals surface area contributed by atoms with Crippen molar-refractivity contribution in [1.82, 2.24) is 24.6 Å². The Morgan fingerprint density at radius 1 is 1.00 bits per heavy atom. The van der Waals surface area contributed by atoms with Gasteiger partial charge in [0.15, 0.2) is 5.82 Å². The van der Waals surface area contributed by atoms with E-state index < -0.39 is 11.6 Å². The van der Waals surface area contributed by atoms with Crippen molar-refractivity contribution in [3.05, 3.63) is 59.4 Å². The Morgan fingerprint density at radius 2 is 1.68 bits per heavy atom. The topological polar surface area (TPSA) is 99.6 Å². The zero-order valence-electron chi connectivity index (χ0n) is 21.1. The molecule has 0 radical (unpaired) electrons. The van der Waals surface area contributed by atoms with Gasteiger partial charge in [0.1, 0.15) is 17.5 Å². The molecule has 1 aromatic carbocycles. The van der Waals surface area contributed by atoms with E-state index in [2.05, 4.69) is 46.0 Å². The van der Waals surface area contributed by atoms with Crippen molar-refractivity contribution in [2.45, 2.75) is 25.9 Å². The first-order valence-electron chi connectivity index (χ1n) is 12.5. The summed E-state index contributed by atoms with van der Waals surface area (Å²) >= 11 is 0. The highest BCUT2D eigenvalue weighted by Gasteiger charge is 2.27. The SMILES string of the molecule is CC(C)c1c(C=CCN2CCN(c3cc(F)cc(F)c3)CC2)cnn1-c1cc(N2CC(O)C2)nc(N)n1. The van der Waals surface area contributed by atoms with Crippen molar-refractivity contribution in [2.24, 2.45) is 0 Å². The van der Waals surface area contributed by atoms with Gasteiger partial charge in [-0.15, -0.1) is 0 Å². The summed E-state index contributed by atoms with van der Waals surface area (Å²) in [7, 11) is 0. The van der Waals surface area contributed by atoms with Crippen LogP contribution in [0.1, 0.15) is 31.0 Å². The van der Waals surface area contributed by atoms with Crippen molar-refractivity contribution < 1.29 is 13.9 Å². The fraction of sp³-hybridized carbons (Fsp3) is 0.423. The molecule has 2 fully saturated rings. The van der Waals surface area contributed by atoms with E-state index in [1.165, 1.54) is 12.1 Å². The second kappa shape index (κ2) is 10.4. The average Bonchev–Trinajstić information content (AvgIpc) is 3.26. The Morgan fingerprint density at radius 3 is 2.32 bits per heavy atom. The maximum absolute atomic E-state index is 13.6. The third-order valence-corrected chi connectivity index (χ3v) is 6.75. The number of aliphatic hydroxyl groups is 1. The monoisotopic (exact) mass is 510 g/mol. The number of anilines is 3. The smallest absolute Gasteiger partial charge is 0.224 e. The lowest BCUT2D eigenvalue weighted by Crippen LogP contribution is -2.51. The molecule has 0 amide bonds. The molecule has 3 aromatic rings. The minimum Gasteiger partial charge on any atom is -0.389 e. The largest absolute Gasteiger partial charge is 0.389 e. The molecule has 0 saturated carbocycles. The summed E-state index contributed by atoms with van der Waals surface area (Å²) in [6.45, 7) is 9.03. The molecule has 2 aliphatic heterocycles. The number of β-amino-alcohol motifs (C(OH)–C–C–N with tert-alkyl or cyclic N) is 1. The van der Waals surface area contributed by atoms with Crippen LogP contribution in [-0.4, -0.2) is 81.7 Å². The fourth-order valence-corrected chi connectivity index (χ4v) is 4.85. The molecule has 37 heavy (non-hydrogen) atoms. The number of aliphatic hydroxyl groups excluding tert-OH is 1. The van der Waals surface area contributed by atoms with Crippen molar-refractivity contribution in [1.29, 1.82) is 0 Å². The number of nitrogens with two attached hydrogens (primary N) is 1. The van der Waals surface area contributed by atoms with Crippen molar-refractivity contribution in [3.63, 3.8) is 0 Å². The molecule has 2 aliphatic rings.